The van der Waals surface area contributed by atoms with Gasteiger partial charge in [0.1, 0.15) is 4.83 Å². The van der Waals surface area contributed by atoms with Gasteiger partial charge in [0.05, 0.1) is 22.3 Å². The summed E-state index contributed by atoms with van der Waals surface area (Å²) in [6, 6.07) is 0. The number of carbonyl (C=O) groups excluding carboxylic acids is 2. The van der Waals surface area contributed by atoms with Gasteiger partial charge in [-0.1, -0.05) is 0 Å². The largest absolute Gasteiger partial charge is 0.370 e. The number of anilines is 1. The molecule has 0 unspecified atom stereocenters. The molecule has 0 aromatic carbocycles. The first kappa shape index (κ1) is 19.7. The molecule has 0 aliphatic carbocycles. The number of rotatable bonds is 3. The summed E-state index contributed by atoms with van der Waals surface area (Å²) in [5, 5.41) is 1.01. The number of carbonyl (C=O) groups is 2. The number of hydrogen-bond donors (Lipinski definition) is 0. The summed E-state index contributed by atoms with van der Waals surface area (Å²) in [6.07, 6.45) is 7.83. The number of nitrogens with zero attached hydrogens (tertiary/aromatic N) is 5. The van der Waals surface area contributed by atoms with Crippen molar-refractivity contribution in [1.82, 2.24) is 19.2 Å². The topological polar surface area (TPSA) is 69.6 Å². The van der Waals surface area contributed by atoms with E-state index in [-0.39, 0.29) is 11.8 Å². The van der Waals surface area contributed by atoms with Gasteiger partial charge in [-0.15, -0.1) is 0 Å². The van der Waals surface area contributed by atoms with Crippen molar-refractivity contribution in [3.05, 3.63) is 17.5 Å². The van der Waals surface area contributed by atoms with Crippen molar-refractivity contribution < 1.29 is 9.59 Å². The van der Waals surface area contributed by atoms with Crippen molar-refractivity contribution >= 4 is 39.3 Å². The van der Waals surface area contributed by atoms with E-state index in [1.165, 1.54) is 11.5 Å². The molecule has 30 heavy (non-hydrogen) atoms. The van der Waals surface area contributed by atoms with Crippen molar-refractivity contribution in [2.45, 2.75) is 45.4 Å². The minimum absolute atomic E-state index is 0.0813. The Morgan fingerprint density at radius 3 is 2.27 bits per heavy atom. The third kappa shape index (κ3) is 3.45. The highest BCUT2D eigenvalue weighted by atomic mass is 32.1. The maximum absolute atomic E-state index is 13.3. The maximum Gasteiger partial charge on any atom is 0.257 e. The first-order valence-corrected chi connectivity index (χ1v) is 12.0. The van der Waals surface area contributed by atoms with Gasteiger partial charge in [0.15, 0.2) is 0 Å². The van der Waals surface area contributed by atoms with Crippen molar-refractivity contribution in [3.8, 4) is 0 Å². The number of likely N-dealkylation sites (tertiary alicyclic amines) is 2. The lowest BCUT2D eigenvalue weighted by Crippen LogP contribution is -2.42. The zero-order valence-corrected chi connectivity index (χ0v) is 18.4. The fourth-order valence-corrected chi connectivity index (χ4v) is 5.91. The van der Waals surface area contributed by atoms with Gasteiger partial charge in [-0.2, -0.15) is 4.37 Å². The summed E-state index contributed by atoms with van der Waals surface area (Å²) in [5.74, 6) is 0.516. The molecule has 0 spiro atoms. The Bertz CT molecular complexity index is 954. The maximum atomic E-state index is 13.3. The van der Waals surface area contributed by atoms with Crippen molar-refractivity contribution in [1.29, 1.82) is 0 Å². The molecule has 8 heteroatoms. The van der Waals surface area contributed by atoms with Crippen LogP contribution < -0.4 is 4.90 Å². The molecule has 2 amide bonds. The van der Waals surface area contributed by atoms with Gasteiger partial charge in [-0.25, -0.2) is 4.98 Å². The van der Waals surface area contributed by atoms with Gasteiger partial charge in [-0.3, -0.25) is 9.59 Å². The highest BCUT2D eigenvalue weighted by Gasteiger charge is 2.33. The number of piperidine rings is 1. The van der Waals surface area contributed by atoms with E-state index in [2.05, 4.69) is 14.3 Å². The molecule has 0 bridgehead atoms. The van der Waals surface area contributed by atoms with Crippen LogP contribution in [-0.4, -0.2) is 70.2 Å². The van der Waals surface area contributed by atoms with Crippen molar-refractivity contribution in [2.75, 3.05) is 44.2 Å². The SMILES string of the molecule is Cc1nsc2ncc(C(=O)N3CCCC3)c(N3CCC(C(=O)N4CCCC4)CC3)c12. The zero-order valence-electron chi connectivity index (χ0n) is 17.6. The second-order valence-corrected chi connectivity index (χ2v) is 9.51. The lowest BCUT2D eigenvalue weighted by atomic mass is 9.94. The number of fused-ring (bicyclic) bond motifs is 1. The Hall–Kier alpha value is -2.22. The molecule has 0 radical (unpaired) electrons. The minimum Gasteiger partial charge on any atom is -0.370 e. The molecule has 0 N–H and O–H groups in total. The predicted molar refractivity (Wildman–Crippen MR) is 118 cm³/mol. The van der Waals surface area contributed by atoms with Crippen LogP contribution in [0, 0.1) is 12.8 Å². The Balaban J connectivity index is 1.43. The summed E-state index contributed by atoms with van der Waals surface area (Å²) in [4.78, 5) is 37.9. The van der Waals surface area contributed by atoms with E-state index >= 15 is 0 Å². The second-order valence-electron chi connectivity index (χ2n) is 8.76. The highest BCUT2D eigenvalue weighted by molar-refractivity contribution is 7.13. The number of hydrogen-bond acceptors (Lipinski definition) is 6. The molecule has 0 saturated carbocycles. The molecule has 3 saturated heterocycles. The molecular formula is C22H29N5O2S. The van der Waals surface area contributed by atoms with E-state index in [0.29, 0.717) is 11.5 Å². The standard InChI is InChI=1S/C22H29N5O2S/c1-15-18-19(25-12-6-16(7-13-25)21(28)26-8-2-3-9-26)17(14-23-20(18)30-24-15)22(29)27-10-4-5-11-27/h14,16H,2-13H2,1H3. The first-order valence-electron chi connectivity index (χ1n) is 11.2. The number of pyridine rings is 1. The first-order chi connectivity index (χ1) is 14.6. The average Bonchev–Trinajstić information content (AvgIpc) is 3.55. The number of aryl methyl sites for hydroxylation is 1. The molecule has 3 aliphatic heterocycles. The summed E-state index contributed by atoms with van der Waals surface area (Å²) < 4.78 is 4.51. The van der Waals surface area contributed by atoms with Crippen LogP contribution in [0.2, 0.25) is 0 Å². The number of aromatic nitrogens is 2. The smallest absolute Gasteiger partial charge is 0.257 e. The van der Waals surface area contributed by atoms with E-state index in [1.54, 1.807) is 6.20 Å². The van der Waals surface area contributed by atoms with E-state index in [0.717, 1.165) is 99.4 Å². The van der Waals surface area contributed by atoms with Gasteiger partial charge in [0.25, 0.3) is 5.91 Å². The van der Waals surface area contributed by atoms with E-state index in [4.69, 9.17) is 0 Å². The van der Waals surface area contributed by atoms with Gasteiger partial charge in [0, 0.05) is 51.4 Å². The molecule has 160 valence electrons. The third-order valence-electron chi connectivity index (χ3n) is 6.85. The molecule has 3 fully saturated rings. The van der Waals surface area contributed by atoms with Gasteiger partial charge in [-0.05, 0) is 57.0 Å². The molecule has 0 atom stereocenters. The van der Waals surface area contributed by atoms with Gasteiger partial charge in [0.2, 0.25) is 5.91 Å². The molecular weight excluding hydrogens is 398 g/mol. The minimum atomic E-state index is 0.0813. The quantitative estimate of drug-likeness (QED) is 0.753. The normalized spacial score (nSPS) is 20.5. The lowest BCUT2D eigenvalue weighted by molar-refractivity contribution is -0.135. The van der Waals surface area contributed by atoms with Crippen LogP contribution in [0.1, 0.15) is 54.6 Å². The summed E-state index contributed by atoms with van der Waals surface area (Å²) in [6.45, 7) is 7.05. The van der Waals surface area contributed by atoms with Gasteiger partial charge >= 0.3 is 0 Å². The average molecular weight is 428 g/mol. The van der Waals surface area contributed by atoms with E-state index < -0.39 is 0 Å². The van der Waals surface area contributed by atoms with Crippen molar-refractivity contribution in [2.24, 2.45) is 5.92 Å². The fourth-order valence-electron chi connectivity index (χ4n) is 5.16. The van der Waals surface area contributed by atoms with Crippen LogP contribution >= 0.6 is 11.5 Å². The van der Waals surface area contributed by atoms with E-state index in [1.807, 2.05) is 16.7 Å². The zero-order chi connectivity index (χ0) is 20.7. The van der Waals surface area contributed by atoms with E-state index in [9.17, 15) is 9.59 Å². The van der Waals surface area contributed by atoms with Crippen LogP contribution in [-0.2, 0) is 4.79 Å². The summed E-state index contributed by atoms with van der Waals surface area (Å²) in [5.41, 5.74) is 2.61. The number of amides is 2. The molecule has 5 heterocycles. The van der Waals surface area contributed by atoms with Crippen LogP contribution in [0.3, 0.4) is 0 Å². The Morgan fingerprint density at radius 2 is 1.60 bits per heavy atom. The van der Waals surface area contributed by atoms with Crippen LogP contribution in [0.15, 0.2) is 6.20 Å². The van der Waals surface area contributed by atoms with Crippen LogP contribution in [0.25, 0.3) is 10.2 Å². The molecule has 5 rings (SSSR count). The lowest BCUT2D eigenvalue weighted by Gasteiger charge is -2.36. The van der Waals surface area contributed by atoms with Crippen molar-refractivity contribution in [3.63, 3.8) is 0 Å². The molecule has 2 aromatic rings. The Morgan fingerprint density at radius 1 is 0.967 bits per heavy atom. The second kappa shape index (κ2) is 8.13. The predicted octanol–water partition coefficient (Wildman–Crippen LogP) is 3.07. The summed E-state index contributed by atoms with van der Waals surface area (Å²) in [7, 11) is 0. The Kier molecular flexibility index (Phi) is 5.35. The van der Waals surface area contributed by atoms with Crippen LogP contribution in [0.4, 0.5) is 5.69 Å². The molecule has 2 aromatic heterocycles. The Labute approximate surface area is 181 Å². The monoisotopic (exact) mass is 427 g/mol. The van der Waals surface area contributed by atoms with Crippen LogP contribution in [0.5, 0.6) is 0 Å². The third-order valence-corrected chi connectivity index (χ3v) is 7.70. The molecule has 3 aliphatic rings. The summed E-state index contributed by atoms with van der Waals surface area (Å²) >= 11 is 1.39. The molecule has 7 nitrogen and oxygen atoms in total. The van der Waals surface area contributed by atoms with Gasteiger partial charge < -0.3 is 14.7 Å². The highest BCUT2D eigenvalue weighted by Crippen LogP contribution is 2.37. The fraction of sp³-hybridized carbons (Fsp3) is 0.636.